The molecule has 1 rings (SSSR count). The van der Waals surface area contributed by atoms with Crippen LogP contribution < -0.4 is 4.74 Å². The van der Waals surface area contributed by atoms with Gasteiger partial charge in [0.1, 0.15) is 5.75 Å². The van der Waals surface area contributed by atoms with E-state index in [9.17, 15) is 0 Å². The smallest absolute Gasteiger partial charge is 0.128 e. The second-order valence-electron chi connectivity index (χ2n) is 3.49. The summed E-state index contributed by atoms with van der Waals surface area (Å²) < 4.78 is 5.55. The molecule has 0 atom stereocenters. The van der Waals surface area contributed by atoms with E-state index >= 15 is 0 Å². The minimum Gasteiger partial charge on any atom is -0.493 e. The first-order valence-corrected chi connectivity index (χ1v) is 4.63. The molecule has 0 aromatic heterocycles. The fourth-order valence-electron chi connectivity index (χ4n) is 1.04. The van der Waals surface area contributed by atoms with Gasteiger partial charge in [-0.25, -0.2) is 0 Å². The van der Waals surface area contributed by atoms with Crippen molar-refractivity contribution in [3.63, 3.8) is 0 Å². The van der Waals surface area contributed by atoms with E-state index in [4.69, 9.17) is 9.94 Å². The number of ether oxygens (including phenoxy) is 1. The second kappa shape index (κ2) is 5.27. The molecule has 0 unspecified atom stereocenters. The van der Waals surface area contributed by atoms with Gasteiger partial charge < -0.3 is 9.94 Å². The third-order valence-corrected chi connectivity index (χ3v) is 1.69. The molecule has 0 aliphatic heterocycles. The third-order valence-electron chi connectivity index (χ3n) is 1.69. The molecule has 3 nitrogen and oxygen atoms in total. The Bertz CT molecular complexity index is 308. The summed E-state index contributed by atoms with van der Waals surface area (Å²) in [5.41, 5.74) is 0.788. The summed E-state index contributed by atoms with van der Waals surface area (Å²) in [4.78, 5) is 0. The molecule has 0 bridgehead atoms. The first kappa shape index (κ1) is 10.6. The van der Waals surface area contributed by atoms with E-state index in [1.165, 1.54) is 6.21 Å². The van der Waals surface area contributed by atoms with E-state index < -0.39 is 0 Å². The number of rotatable bonds is 4. The van der Waals surface area contributed by atoms with Crippen molar-refractivity contribution in [2.45, 2.75) is 13.8 Å². The zero-order valence-electron chi connectivity index (χ0n) is 8.47. The summed E-state index contributed by atoms with van der Waals surface area (Å²) in [6.45, 7) is 4.84. The van der Waals surface area contributed by atoms with Crippen LogP contribution in [0, 0.1) is 5.92 Å². The molecule has 0 spiro atoms. The van der Waals surface area contributed by atoms with Gasteiger partial charge >= 0.3 is 0 Å². The monoisotopic (exact) mass is 193 g/mol. The SMILES string of the molecule is CC(C)COc1ccccc1/C=N\O. The van der Waals surface area contributed by atoms with E-state index in [1.54, 1.807) is 0 Å². The summed E-state index contributed by atoms with van der Waals surface area (Å²) in [5, 5.41) is 11.4. The highest BCUT2D eigenvalue weighted by Crippen LogP contribution is 2.16. The van der Waals surface area contributed by atoms with Crippen molar-refractivity contribution in [2.75, 3.05) is 6.61 Å². The van der Waals surface area contributed by atoms with Gasteiger partial charge in [-0.15, -0.1) is 0 Å². The Hall–Kier alpha value is -1.51. The Balaban J connectivity index is 2.74. The summed E-state index contributed by atoms with van der Waals surface area (Å²) >= 11 is 0. The van der Waals surface area contributed by atoms with Crippen molar-refractivity contribution in [3.05, 3.63) is 29.8 Å². The lowest BCUT2D eigenvalue weighted by atomic mass is 10.2. The molecule has 14 heavy (non-hydrogen) atoms. The first-order chi connectivity index (χ1) is 6.74. The van der Waals surface area contributed by atoms with E-state index in [2.05, 4.69) is 19.0 Å². The maximum absolute atomic E-state index is 8.44. The van der Waals surface area contributed by atoms with Gasteiger partial charge in [0, 0.05) is 5.56 Å². The highest BCUT2D eigenvalue weighted by molar-refractivity contribution is 5.82. The molecule has 0 heterocycles. The molecule has 0 radical (unpaired) electrons. The summed E-state index contributed by atoms with van der Waals surface area (Å²) in [7, 11) is 0. The Kier molecular flexibility index (Phi) is 3.98. The normalized spacial score (nSPS) is 11.1. The van der Waals surface area contributed by atoms with Crippen molar-refractivity contribution in [2.24, 2.45) is 11.1 Å². The Morgan fingerprint density at radius 2 is 2.14 bits per heavy atom. The molecule has 1 aromatic rings. The van der Waals surface area contributed by atoms with Gasteiger partial charge in [-0.3, -0.25) is 0 Å². The standard InChI is InChI=1S/C11H15NO2/c1-9(2)8-14-11-6-4-3-5-10(11)7-12-13/h3-7,9,13H,8H2,1-2H3/b12-7-. The minimum absolute atomic E-state index is 0.481. The zero-order valence-corrected chi connectivity index (χ0v) is 8.47. The molecule has 1 N–H and O–H groups in total. The van der Waals surface area contributed by atoms with Crippen LogP contribution in [0.5, 0.6) is 5.75 Å². The van der Waals surface area contributed by atoms with Gasteiger partial charge in [0.25, 0.3) is 0 Å². The van der Waals surface area contributed by atoms with Crippen LogP contribution in [0.4, 0.5) is 0 Å². The van der Waals surface area contributed by atoms with Gasteiger partial charge in [0.05, 0.1) is 12.8 Å². The van der Waals surface area contributed by atoms with Crippen molar-refractivity contribution in [3.8, 4) is 5.75 Å². The van der Waals surface area contributed by atoms with Gasteiger partial charge in [-0.05, 0) is 18.1 Å². The van der Waals surface area contributed by atoms with E-state index in [-0.39, 0.29) is 0 Å². The number of para-hydroxylation sites is 1. The lowest BCUT2D eigenvalue weighted by molar-refractivity contribution is 0.270. The van der Waals surface area contributed by atoms with Crippen LogP contribution in [-0.2, 0) is 0 Å². The first-order valence-electron chi connectivity index (χ1n) is 4.63. The highest BCUT2D eigenvalue weighted by Gasteiger charge is 2.01. The molecular formula is C11H15NO2. The van der Waals surface area contributed by atoms with Crippen LogP contribution in [-0.4, -0.2) is 18.0 Å². The second-order valence-corrected chi connectivity index (χ2v) is 3.49. The fourth-order valence-corrected chi connectivity index (χ4v) is 1.04. The molecule has 0 fully saturated rings. The lowest BCUT2D eigenvalue weighted by Gasteiger charge is -2.10. The summed E-state index contributed by atoms with van der Waals surface area (Å²) in [6, 6.07) is 7.47. The predicted octanol–water partition coefficient (Wildman–Crippen LogP) is 2.53. The van der Waals surface area contributed by atoms with Crippen LogP contribution in [0.1, 0.15) is 19.4 Å². The van der Waals surface area contributed by atoms with E-state index in [1.807, 2.05) is 24.3 Å². The largest absolute Gasteiger partial charge is 0.493 e. The lowest BCUT2D eigenvalue weighted by Crippen LogP contribution is -2.05. The average Bonchev–Trinajstić information content (AvgIpc) is 2.17. The number of benzene rings is 1. The predicted molar refractivity (Wildman–Crippen MR) is 56.2 cm³/mol. The van der Waals surface area contributed by atoms with Crippen LogP contribution in [0.25, 0.3) is 0 Å². The Morgan fingerprint density at radius 3 is 2.79 bits per heavy atom. The van der Waals surface area contributed by atoms with Crippen LogP contribution in [0.15, 0.2) is 29.4 Å². The van der Waals surface area contributed by atoms with Gasteiger partial charge in [0.15, 0.2) is 0 Å². The summed E-state index contributed by atoms with van der Waals surface area (Å²) in [6.07, 6.45) is 1.37. The fraction of sp³-hybridized carbons (Fsp3) is 0.364. The summed E-state index contributed by atoms with van der Waals surface area (Å²) in [5.74, 6) is 1.23. The van der Waals surface area contributed by atoms with Crippen molar-refractivity contribution < 1.29 is 9.94 Å². The van der Waals surface area contributed by atoms with E-state index in [0.29, 0.717) is 12.5 Å². The minimum atomic E-state index is 0.481. The number of oxime groups is 1. The van der Waals surface area contributed by atoms with E-state index in [0.717, 1.165) is 11.3 Å². The molecule has 0 saturated carbocycles. The molecule has 76 valence electrons. The third kappa shape index (κ3) is 3.09. The molecular weight excluding hydrogens is 178 g/mol. The molecule has 0 saturated heterocycles. The number of hydrogen-bond acceptors (Lipinski definition) is 3. The molecule has 0 amide bonds. The molecule has 0 aliphatic carbocycles. The quantitative estimate of drug-likeness (QED) is 0.453. The Morgan fingerprint density at radius 1 is 1.43 bits per heavy atom. The van der Waals surface area contributed by atoms with Gasteiger partial charge in [-0.1, -0.05) is 31.1 Å². The maximum atomic E-state index is 8.44. The van der Waals surface area contributed by atoms with Crippen molar-refractivity contribution in [1.29, 1.82) is 0 Å². The van der Waals surface area contributed by atoms with Crippen molar-refractivity contribution >= 4 is 6.21 Å². The topological polar surface area (TPSA) is 41.8 Å². The highest BCUT2D eigenvalue weighted by atomic mass is 16.5. The molecule has 0 aliphatic rings. The average molecular weight is 193 g/mol. The Labute approximate surface area is 84.0 Å². The molecule has 3 heteroatoms. The van der Waals surface area contributed by atoms with Crippen LogP contribution >= 0.6 is 0 Å². The molecule has 1 aromatic carbocycles. The number of hydrogen-bond donors (Lipinski definition) is 1. The van der Waals surface area contributed by atoms with Gasteiger partial charge in [-0.2, -0.15) is 0 Å². The number of nitrogens with zero attached hydrogens (tertiary/aromatic N) is 1. The maximum Gasteiger partial charge on any atom is 0.128 e. The van der Waals surface area contributed by atoms with Crippen LogP contribution in [0.2, 0.25) is 0 Å². The van der Waals surface area contributed by atoms with Gasteiger partial charge in [0.2, 0.25) is 0 Å². The zero-order chi connectivity index (χ0) is 10.4. The van der Waals surface area contributed by atoms with Crippen LogP contribution in [0.3, 0.4) is 0 Å². The van der Waals surface area contributed by atoms with Crippen molar-refractivity contribution in [1.82, 2.24) is 0 Å².